The maximum Gasteiger partial charge on any atom is 0.435 e. The molecule has 168 valence electrons. The Morgan fingerprint density at radius 2 is 1.77 bits per heavy atom. The number of anilines is 2. The highest BCUT2D eigenvalue weighted by molar-refractivity contribution is 5.93. The Bertz CT molecular complexity index is 1020. The molecule has 31 heavy (non-hydrogen) atoms. The van der Waals surface area contributed by atoms with Crippen LogP contribution in [0.1, 0.15) is 42.3 Å². The monoisotopic (exact) mass is 442 g/mol. The molecule has 1 N–H and O–H groups in total. The summed E-state index contributed by atoms with van der Waals surface area (Å²) in [6.45, 7) is 6.10. The number of alkyl halides is 5. The van der Waals surface area contributed by atoms with Gasteiger partial charge in [-0.2, -0.15) is 18.3 Å². The lowest BCUT2D eigenvalue weighted by Gasteiger charge is -2.30. The molecule has 0 radical (unpaired) electrons. The summed E-state index contributed by atoms with van der Waals surface area (Å²) in [4.78, 5) is 14.3. The Morgan fingerprint density at radius 3 is 2.32 bits per heavy atom. The van der Waals surface area contributed by atoms with E-state index in [0.717, 1.165) is 22.9 Å². The normalized spacial score (nSPS) is 22.3. The molecule has 1 aliphatic heterocycles. The number of carbonyl (C=O) groups is 1. The molecule has 0 bridgehead atoms. The Balaban J connectivity index is 1.49. The molecule has 1 aromatic heterocycles. The van der Waals surface area contributed by atoms with Crippen LogP contribution in [0, 0.1) is 19.3 Å². The van der Waals surface area contributed by atoms with Crippen molar-refractivity contribution in [2.45, 2.75) is 58.8 Å². The molecule has 5 nitrogen and oxygen atoms in total. The quantitative estimate of drug-likeness (QED) is 0.685. The fourth-order valence-electron chi connectivity index (χ4n) is 4.12. The van der Waals surface area contributed by atoms with E-state index in [9.17, 15) is 26.7 Å². The molecule has 2 aliphatic rings. The molecule has 4 rings (SSSR count). The number of halogens is 5. The lowest BCUT2D eigenvalue weighted by Crippen LogP contribution is -2.34. The van der Waals surface area contributed by atoms with Crippen LogP contribution in [0.25, 0.3) is 0 Å². The Kier molecular flexibility index (Phi) is 4.82. The fraction of sp³-hybridized carbons (Fsp3) is 0.524. The third kappa shape index (κ3) is 3.99. The van der Waals surface area contributed by atoms with Crippen molar-refractivity contribution in [3.8, 4) is 0 Å². The minimum absolute atomic E-state index is 0.252. The summed E-state index contributed by atoms with van der Waals surface area (Å²) < 4.78 is 67.0. The van der Waals surface area contributed by atoms with Gasteiger partial charge in [0.15, 0.2) is 5.69 Å². The van der Waals surface area contributed by atoms with E-state index < -0.39 is 29.1 Å². The molecule has 0 saturated heterocycles. The van der Waals surface area contributed by atoms with Gasteiger partial charge in [0.25, 0.3) is 5.92 Å². The van der Waals surface area contributed by atoms with Crippen LogP contribution in [0.15, 0.2) is 18.2 Å². The summed E-state index contributed by atoms with van der Waals surface area (Å²) in [5.74, 6) is -3.26. The van der Waals surface area contributed by atoms with E-state index in [1.165, 1.54) is 11.6 Å². The number of aryl methyl sites for hydroxylation is 2. The second-order valence-electron chi connectivity index (χ2n) is 8.78. The molecule has 1 aliphatic carbocycles. The molecule has 2 aromatic rings. The highest BCUT2D eigenvalue weighted by Gasteiger charge is 2.68. The lowest BCUT2D eigenvalue weighted by atomic mass is 10.0. The van der Waals surface area contributed by atoms with Crippen molar-refractivity contribution in [2.24, 2.45) is 5.41 Å². The summed E-state index contributed by atoms with van der Waals surface area (Å²) >= 11 is 0. The molecular formula is C21H23F5N4O. The van der Waals surface area contributed by atoms with Gasteiger partial charge >= 0.3 is 6.18 Å². The number of hydrogen-bond acceptors (Lipinski definition) is 3. The third-order valence-electron chi connectivity index (χ3n) is 6.16. The summed E-state index contributed by atoms with van der Waals surface area (Å²) in [7, 11) is 0. The van der Waals surface area contributed by atoms with Gasteiger partial charge in [0.05, 0.1) is 18.8 Å². The lowest BCUT2D eigenvalue weighted by molar-refractivity contribution is -0.141. The van der Waals surface area contributed by atoms with Gasteiger partial charge in [0, 0.05) is 36.2 Å². The summed E-state index contributed by atoms with van der Waals surface area (Å²) in [6.07, 6.45) is -5.02. The van der Waals surface area contributed by atoms with E-state index in [-0.39, 0.29) is 19.4 Å². The standard InChI is InChI=1S/C21H23F5N4O/c1-12-6-14(29-4-5-30-15(10-29)8-16(28-30)21(24,25)26)7-13(2)18(12)27-17(31)9-19(3)11-20(19,22)23/h6-8H,4-5,9-11H2,1-3H3,(H,27,31). The average Bonchev–Trinajstić information content (AvgIpc) is 2.98. The molecule has 1 amide bonds. The van der Waals surface area contributed by atoms with Crippen molar-refractivity contribution in [3.05, 3.63) is 40.7 Å². The highest BCUT2D eigenvalue weighted by atomic mass is 19.4. The second-order valence-corrected chi connectivity index (χ2v) is 8.78. The summed E-state index contributed by atoms with van der Waals surface area (Å²) in [5.41, 5.74) is 1.19. The number of nitrogens with zero attached hydrogens (tertiary/aromatic N) is 3. The number of fused-ring (bicyclic) bond motifs is 1. The zero-order valence-corrected chi connectivity index (χ0v) is 17.4. The van der Waals surface area contributed by atoms with Gasteiger partial charge in [-0.15, -0.1) is 0 Å². The molecule has 1 unspecified atom stereocenters. The molecule has 10 heteroatoms. The van der Waals surface area contributed by atoms with Gasteiger partial charge in [0.2, 0.25) is 5.91 Å². The van der Waals surface area contributed by atoms with E-state index >= 15 is 0 Å². The van der Waals surface area contributed by atoms with Crippen molar-refractivity contribution >= 4 is 17.3 Å². The summed E-state index contributed by atoms with van der Waals surface area (Å²) in [5, 5.41) is 6.39. The van der Waals surface area contributed by atoms with E-state index in [2.05, 4.69) is 10.4 Å². The SMILES string of the molecule is Cc1cc(N2CCn3nc(C(F)(F)F)cc3C2)cc(C)c1NC(=O)CC1(C)CC1(F)F. The predicted octanol–water partition coefficient (Wildman–Crippen LogP) is 4.91. The number of aromatic nitrogens is 2. The number of amides is 1. The summed E-state index contributed by atoms with van der Waals surface area (Å²) in [6, 6.07) is 4.74. The Labute approximate surface area is 176 Å². The van der Waals surface area contributed by atoms with E-state index in [0.29, 0.717) is 24.5 Å². The van der Waals surface area contributed by atoms with Gasteiger partial charge in [-0.05, 0) is 43.2 Å². The molecule has 1 aromatic carbocycles. The number of carbonyl (C=O) groups excluding carboxylic acids is 1. The number of nitrogens with one attached hydrogen (secondary N) is 1. The maximum atomic E-state index is 13.4. The highest BCUT2D eigenvalue weighted by Crippen LogP contribution is 2.62. The number of rotatable bonds is 4. The molecule has 2 heterocycles. The molecule has 1 atom stereocenters. The van der Waals surface area contributed by atoms with Crippen LogP contribution in [-0.4, -0.2) is 28.2 Å². The van der Waals surface area contributed by atoms with E-state index in [1.807, 2.05) is 17.0 Å². The van der Waals surface area contributed by atoms with Gasteiger partial charge in [0.1, 0.15) is 0 Å². The van der Waals surface area contributed by atoms with Crippen molar-refractivity contribution in [2.75, 3.05) is 16.8 Å². The zero-order chi connectivity index (χ0) is 22.8. The van der Waals surface area contributed by atoms with Crippen molar-refractivity contribution in [1.29, 1.82) is 0 Å². The first-order valence-corrected chi connectivity index (χ1v) is 9.97. The number of hydrogen-bond donors (Lipinski definition) is 1. The first-order valence-electron chi connectivity index (χ1n) is 9.97. The average molecular weight is 442 g/mol. The van der Waals surface area contributed by atoms with Gasteiger partial charge in [-0.25, -0.2) is 8.78 Å². The van der Waals surface area contributed by atoms with Crippen LogP contribution >= 0.6 is 0 Å². The minimum atomic E-state index is -4.48. The first-order chi connectivity index (χ1) is 14.3. The molecule has 0 spiro atoms. The van der Waals surface area contributed by atoms with Crippen LogP contribution < -0.4 is 10.2 Å². The minimum Gasteiger partial charge on any atom is -0.364 e. The first kappa shape index (κ1) is 21.6. The van der Waals surface area contributed by atoms with Crippen LogP contribution in [0.3, 0.4) is 0 Å². The van der Waals surface area contributed by atoms with Gasteiger partial charge in [-0.1, -0.05) is 6.92 Å². The van der Waals surface area contributed by atoms with Crippen molar-refractivity contribution in [3.63, 3.8) is 0 Å². The van der Waals surface area contributed by atoms with Crippen molar-refractivity contribution in [1.82, 2.24) is 9.78 Å². The maximum absolute atomic E-state index is 13.4. The zero-order valence-electron chi connectivity index (χ0n) is 17.4. The second kappa shape index (κ2) is 6.93. The third-order valence-corrected chi connectivity index (χ3v) is 6.16. The fourth-order valence-corrected chi connectivity index (χ4v) is 4.12. The number of benzene rings is 1. The van der Waals surface area contributed by atoms with Crippen LogP contribution in [0.2, 0.25) is 0 Å². The van der Waals surface area contributed by atoms with Crippen LogP contribution in [0.5, 0.6) is 0 Å². The Morgan fingerprint density at radius 1 is 1.16 bits per heavy atom. The van der Waals surface area contributed by atoms with E-state index in [1.54, 1.807) is 13.8 Å². The van der Waals surface area contributed by atoms with Crippen LogP contribution in [0.4, 0.5) is 33.3 Å². The smallest absolute Gasteiger partial charge is 0.364 e. The van der Waals surface area contributed by atoms with Gasteiger partial charge in [-0.3, -0.25) is 9.48 Å². The Hall–Kier alpha value is -2.65. The van der Waals surface area contributed by atoms with Gasteiger partial charge < -0.3 is 10.2 Å². The van der Waals surface area contributed by atoms with E-state index in [4.69, 9.17) is 0 Å². The topological polar surface area (TPSA) is 50.2 Å². The molecule has 1 fully saturated rings. The predicted molar refractivity (Wildman–Crippen MR) is 105 cm³/mol. The molecule has 1 saturated carbocycles. The van der Waals surface area contributed by atoms with Crippen LogP contribution in [-0.2, 0) is 24.1 Å². The largest absolute Gasteiger partial charge is 0.435 e. The van der Waals surface area contributed by atoms with Crippen molar-refractivity contribution < 1.29 is 26.7 Å². The molecular weight excluding hydrogens is 419 g/mol.